The van der Waals surface area contributed by atoms with Gasteiger partial charge in [-0.25, -0.2) is 0 Å². The van der Waals surface area contributed by atoms with Crippen molar-refractivity contribution in [1.29, 1.82) is 0 Å². The summed E-state index contributed by atoms with van der Waals surface area (Å²) in [5, 5.41) is 6.43. The van der Waals surface area contributed by atoms with E-state index in [4.69, 9.17) is 5.73 Å². The van der Waals surface area contributed by atoms with Gasteiger partial charge in [0.15, 0.2) is 0 Å². The Hall–Kier alpha value is -2.36. The van der Waals surface area contributed by atoms with Crippen molar-refractivity contribution >= 4 is 16.6 Å². The highest BCUT2D eigenvalue weighted by Crippen LogP contribution is 2.27. The number of pyridine rings is 1. The molecule has 2 heterocycles. The van der Waals surface area contributed by atoms with Crippen LogP contribution in [0.3, 0.4) is 0 Å². The lowest BCUT2D eigenvalue weighted by Gasteiger charge is -2.03. The van der Waals surface area contributed by atoms with Gasteiger partial charge in [-0.1, -0.05) is 12.1 Å². The Labute approximate surface area is 98.7 Å². The Morgan fingerprint density at radius 1 is 1.12 bits per heavy atom. The summed E-state index contributed by atoms with van der Waals surface area (Å²) in [6, 6.07) is 8.18. The fraction of sp³-hybridized carbons (Fsp3) is 0.0769. The Balaban J connectivity index is 2.21. The smallest absolute Gasteiger partial charge is 0.129 e. The predicted molar refractivity (Wildman–Crippen MR) is 68.4 cm³/mol. The molecule has 2 N–H and O–H groups in total. The summed E-state index contributed by atoms with van der Waals surface area (Å²) in [5.74, 6) is 0.679. The lowest BCUT2D eigenvalue weighted by Crippen LogP contribution is -1.97. The van der Waals surface area contributed by atoms with E-state index < -0.39 is 0 Å². The molecule has 17 heavy (non-hydrogen) atoms. The van der Waals surface area contributed by atoms with E-state index in [1.54, 1.807) is 17.1 Å². The third kappa shape index (κ3) is 1.54. The molecule has 0 bridgehead atoms. The van der Waals surface area contributed by atoms with E-state index >= 15 is 0 Å². The molecule has 0 radical (unpaired) electrons. The lowest BCUT2D eigenvalue weighted by molar-refractivity contribution is 0.779. The molecule has 0 fully saturated rings. The van der Waals surface area contributed by atoms with Gasteiger partial charge in [0.05, 0.1) is 6.20 Å². The number of nitrogen functional groups attached to an aromatic ring is 1. The van der Waals surface area contributed by atoms with Crippen molar-refractivity contribution in [3.05, 3.63) is 42.9 Å². The average Bonchev–Trinajstić information content (AvgIpc) is 2.70. The van der Waals surface area contributed by atoms with Crippen LogP contribution in [-0.4, -0.2) is 14.8 Å². The van der Waals surface area contributed by atoms with Crippen molar-refractivity contribution in [3.8, 4) is 11.1 Å². The van der Waals surface area contributed by atoms with Crippen LogP contribution in [0.2, 0.25) is 0 Å². The van der Waals surface area contributed by atoms with E-state index in [2.05, 4.69) is 16.1 Å². The maximum absolute atomic E-state index is 5.97. The van der Waals surface area contributed by atoms with E-state index in [-0.39, 0.29) is 0 Å². The molecule has 0 amide bonds. The normalized spacial score (nSPS) is 10.9. The van der Waals surface area contributed by atoms with Crippen LogP contribution in [0.5, 0.6) is 0 Å². The second-order valence-electron chi connectivity index (χ2n) is 4.00. The monoisotopic (exact) mass is 224 g/mol. The second kappa shape index (κ2) is 3.59. The van der Waals surface area contributed by atoms with Crippen LogP contribution in [0.25, 0.3) is 21.9 Å². The third-order valence-electron chi connectivity index (χ3n) is 2.94. The molecular formula is C13H12N4. The maximum atomic E-state index is 5.97. The van der Waals surface area contributed by atoms with Crippen molar-refractivity contribution in [3.63, 3.8) is 0 Å². The topological polar surface area (TPSA) is 56.7 Å². The van der Waals surface area contributed by atoms with Gasteiger partial charge in [-0.2, -0.15) is 5.10 Å². The molecule has 1 aromatic carbocycles. The first-order valence-corrected chi connectivity index (χ1v) is 5.37. The molecule has 3 aromatic rings. The average molecular weight is 224 g/mol. The van der Waals surface area contributed by atoms with Gasteiger partial charge in [0, 0.05) is 30.4 Å². The molecule has 0 spiro atoms. The minimum atomic E-state index is 0.679. The van der Waals surface area contributed by atoms with Gasteiger partial charge in [0.2, 0.25) is 0 Å². The maximum Gasteiger partial charge on any atom is 0.129 e. The van der Waals surface area contributed by atoms with Gasteiger partial charge in [0.1, 0.15) is 5.82 Å². The number of rotatable bonds is 1. The van der Waals surface area contributed by atoms with Gasteiger partial charge in [-0.3, -0.25) is 9.67 Å². The third-order valence-corrected chi connectivity index (χ3v) is 2.94. The molecule has 3 rings (SSSR count). The van der Waals surface area contributed by atoms with Crippen LogP contribution in [0, 0.1) is 0 Å². The quantitative estimate of drug-likeness (QED) is 0.689. The number of aromatic nitrogens is 3. The van der Waals surface area contributed by atoms with E-state index in [0.29, 0.717) is 5.82 Å². The van der Waals surface area contributed by atoms with Crippen molar-refractivity contribution in [2.75, 3.05) is 5.73 Å². The minimum absolute atomic E-state index is 0.679. The number of hydrogen-bond acceptors (Lipinski definition) is 3. The Kier molecular flexibility index (Phi) is 2.08. The molecular weight excluding hydrogens is 212 g/mol. The number of anilines is 1. The van der Waals surface area contributed by atoms with E-state index in [1.807, 2.05) is 31.4 Å². The highest BCUT2D eigenvalue weighted by Gasteiger charge is 2.07. The van der Waals surface area contributed by atoms with Crippen LogP contribution in [0.1, 0.15) is 0 Å². The SMILES string of the molecule is Cn1ncc(-c2ccc3cnccc3c2)c1N. The lowest BCUT2D eigenvalue weighted by atomic mass is 10.0. The summed E-state index contributed by atoms with van der Waals surface area (Å²) in [6.07, 6.45) is 5.43. The summed E-state index contributed by atoms with van der Waals surface area (Å²) in [4.78, 5) is 4.10. The van der Waals surface area contributed by atoms with Gasteiger partial charge >= 0.3 is 0 Å². The number of nitrogens with two attached hydrogens (primary N) is 1. The Morgan fingerprint density at radius 3 is 2.76 bits per heavy atom. The molecule has 0 aliphatic heterocycles. The molecule has 0 saturated heterocycles. The van der Waals surface area contributed by atoms with E-state index in [9.17, 15) is 0 Å². The molecule has 0 aliphatic rings. The molecule has 4 heteroatoms. The van der Waals surface area contributed by atoms with Crippen molar-refractivity contribution in [2.24, 2.45) is 7.05 Å². The molecule has 2 aromatic heterocycles. The molecule has 0 unspecified atom stereocenters. The van der Waals surface area contributed by atoms with Gasteiger partial charge in [0.25, 0.3) is 0 Å². The van der Waals surface area contributed by atoms with Crippen LogP contribution in [-0.2, 0) is 7.05 Å². The minimum Gasteiger partial charge on any atom is -0.383 e. The van der Waals surface area contributed by atoms with Crippen molar-refractivity contribution < 1.29 is 0 Å². The zero-order chi connectivity index (χ0) is 11.8. The zero-order valence-electron chi connectivity index (χ0n) is 9.46. The summed E-state index contributed by atoms with van der Waals surface area (Å²) in [7, 11) is 1.84. The van der Waals surface area contributed by atoms with Crippen LogP contribution < -0.4 is 5.73 Å². The van der Waals surface area contributed by atoms with Gasteiger partial charge in [-0.15, -0.1) is 0 Å². The molecule has 84 valence electrons. The standard InChI is InChI=1S/C13H12N4/c1-17-13(14)12(8-16-17)10-2-3-11-7-15-5-4-9(11)6-10/h2-8H,14H2,1H3. The highest BCUT2D eigenvalue weighted by molar-refractivity contribution is 5.88. The zero-order valence-corrected chi connectivity index (χ0v) is 9.46. The highest BCUT2D eigenvalue weighted by atomic mass is 15.3. The molecule has 0 atom stereocenters. The Morgan fingerprint density at radius 2 is 2.00 bits per heavy atom. The first kappa shape index (κ1) is 9.84. The summed E-state index contributed by atoms with van der Waals surface area (Å²) < 4.78 is 1.67. The van der Waals surface area contributed by atoms with Crippen LogP contribution >= 0.6 is 0 Å². The number of nitrogens with zero attached hydrogens (tertiary/aromatic N) is 3. The number of aryl methyl sites for hydroxylation is 1. The number of benzene rings is 1. The second-order valence-corrected chi connectivity index (χ2v) is 4.00. The number of fused-ring (bicyclic) bond motifs is 1. The fourth-order valence-electron chi connectivity index (χ4n) is 1.92. The van der Waals surface area contributed by atoms with Crippen LogP contribution in [0.15, 0.2) is 42.9 Å². The van der Waals surface area contributed by atoms with Gasteiger partial charge < -0.3 is 5.73 Å². The van der Waals surface area contributed by atoms with Gasteiger partial charge in [-0.05, 0) is 23.1 Å². The number of hydrogen-bond donors (Lipinski definition) is 1. The van der Waals surface area contributed by atoms with Crippen molar-refractivity contribution in [1.82, 2.24) is 14.8 Å². The summed E-state index contributed by atoms with van der Waals surface area (Å²) in [5.41, 5.74) is 8.01. The molecule has 0 saturated carbocycles. The first-order chi connectivity index (χ1) is 8.25. The molecule has 0 aliphatic carbocycles. The first-order valence-electron chi connectivity index (χ1n) is 5.37. The fourth-order valence-corrected chi connectivity index (χ4v) is 1.92. The Bertz CT molecular complexity index is 685. The summed E-state index contributed by atoms with van der Waals surface area (Å²) >= 11 is 0. The van der Waals surface area contributed by atoms with Crippen LogP contribution in [0.4, 0.5) is 5.82 Å². The summed E-state index contributed by atoms with van der Waals surface area (Å²) in [6.45, 7) is 0. The van der Waals surface area contributed by atoms with E-state index in [1.165, 1.54) is 0 Å². The van der Waals surface area contributed by atoms with E-state index in [0.717, 1.165) is 21.9 Å². The largest absolute Gasteiger partial charge is 0.383 e. The van der Waals surface area contributed by atoms with Crippen molar-refractivity contribution in [2.45, 2.75) is 0 Å². The predicted octanol–water partition coefficient (Wildman–Crippen LogP) is 2.22. The molecule has 4 nitrogen and oxygen atoms in total.